The van der Waals surface area contributed by atoms with Gasteiger partial charge in [0.1, 0.15) is 11.6 Å². The van der Waals surface area contributed by atoms with Crippen molar-refractivity contribution in [2.75, 3.05) is 5.32 Å². The zero-order valence-corrected chi connectivity index (χ0v) is 12.2. The molecule has 0 fully saturated rings. The molecule has 1 heterocycles. The molecule has 1 aromatic heterocycles. The normalized spacial score (nSPS) is 12.2. The SMILES string of the molecule is CCn1nnnc1SC(C)C(=O)Nc1ccc(F)cc1F. The van der Waals surface area contributed by atoms with Crippen molar-refractivity contribution >= 4 is 23.4 Å². The minimum absolute atomic E-state index is 0.0658. The van der Waals surface area contributed by atoms with E-state index in [1.54, 1.807) is 11.6 Å². The second kappa shape index (κ2) is 6.61. The Balaban J connectivity index is 2.02. The van der Waals surface area contributed by atoms with Crippen LogP contribution < -0.4 is 5.32 Å². The largest absolute Gasteiger partial charge is 0.323 e. The van der Waals surface area contributed by atoms with E-state index in [4.69, 9.17) is 0 Å². The molecular weight excluding hydrogens is 300 g/mol. The molecule has 112 valence electrons. The summed E-state index contributed by atoms with van der Waals surface area (Å²) in [5, 5.41) is 13.5. The molecule has 2 rings (SSSR count). The molecule has 1 amide bonds. The van der Waals surface area contributed by atoms with E-state index in [2.05, 4.69) is 20.8 Å². The lowest BCUT2D eigenvalue weighted by atomic mass is 10.3. The van der Waals surface area contributed by atoms with Gasteiger partial charge in [-0.25, -0.2) is 13.5 Å². The van der Waals surface area contributed by atoms with Crippen molar-refractivity contribution in [1.82, 2.24) is 20.2 Å². The van der Waals surface area contributed by atoms with Crippen molar-refractivity contribution in [3.63, 3.8) is 0 Å². The van der Waals surface area contributed by atoms with E-state index in [-0.39, 0.29) is 5.69 Å². The van der Waals surface area contributed by atoms with Crippen LogP contribution in [-0.4, -0.2) is 31.4 Å². The van der Waals surface area contributed by atoms with Gasteiger partial charge in [-0.1, -0.05) is 11.8 Å². The van der Waals surface area contributed by atoms with Crippen LogP contribution >= 0.6 is 11.8 Å². The van der Waals surface area contributed by atoms with E-state index in [1.807, 2.05) is 6.92 Å². The Kier molecular flexibility index (Phi) is 4.84. The van der Waals surface area contributed by atoms with E-state index >= 15 is 0 Å². The number of carbonyl (C=O) groups excluding carboxylic acids is 1. The van der Waals surface area contributed by atoms with Gasteiger partial charge >= 0.3 is 0 Å². The number of anilines is 1. The third kappa shape index (κ3) is 3.75. The van der Waals surface area contributed by atoms with Gasteiger partial charge in [-0.05, 0) is 36.4 Å². The summed E-state index contributed by atoms with van der Waals surface area (Å²) in [7, 11) is 0. The highest BCUT2D eigenvalue weighted by Crippen LogP contribution is 2.22. The summed E-state index contributed by atoms with van der Waals surface area (Å²) >= 11 is 1.16. The summed E-state index contributed by atoms with van der Waals surface area (Å²) in [4.78, 5) is 12.0. The number of thioether (sulfide) groups is 1. The Hall–Kier alpha value is -2.03. The lowest BCUT2D eigenvalue weighted by molar-refractivity contribution is -0.115. The van der Waals surface area contributed by atoms with Crippen LogP contribution in [0.4, 0.5) is 14.5 Å². The Bertz CT molecular complexity index is 648. The fraction of sp³-hybridized carbons (Fsp3) is 0.333. The number of tetrazole rings is 1. The van der Waals surface area contributed by atoms with Gasteiger partial charge in [-0.2, -0.15) is 0 Å². The van der Waals surface area contributed by atoms with E-state index in [9.17, 15) is 13.6 Å². The highest BCUT2D eigenvalue weighted by atomic mass is 32.2. The maximum atomic E-state index is 13.5. The molecule has 0 spiro atoms. The molecule has 21 heavy (non-hydrogen) atoms. The summed E-state index contributed by atoms with van der Waals surface area (Å²) in [6.07, 6.45) is 0. The van der Waals surface area contributed by atoms with Gasteiger partial charge in [0, 0.05) is 12.6 Å². The highest BCUT2D eigenvalue weighted by molar-refractivity contribution is 8.00. The minimum Gasteiger partial charge on any atom is -0.323 e. The molecule has 0 aliphatic rings. The van der Waals surface area contributed by atoms with Crippen LogP contribution in [0.5, 0.6) is 0 Å². The van der Waals surface area contributed by atoms with Crippen LogP contribution in [0.1, 0.15) is 13.8 Å². The monoisotopic (exact) mass is 313 g/mol. The second-order valence-corrected chi connectivity index (χ2v) is 5.46. The Morgan fingerprint density at radius 1 is 1.48 bits per heavy atom. The Labute approximate surface area is 123 Å². The van der Waals surface area contributed by atoms with Gasteiger partial charge in [0.2, 0.25) is 11.1 Å². The average molecular weight is 313 g/mol. The van der Waals surface area contributed by atoms with Crippen LogP contribution in [0.3, 0.4) is 0 Å². The van der Waals surface area contributed by atoms with Gasteiger partial charge in [-0.15, -0.1) is 5.10 Å². The van der Waals surface area contributed by atoms with E-state index in [0.717, 1.165) is 17.8 Å². The first-order valence-electron chi connectivity index (χ1n) is 6.20. The number of carbonyl (C=O) groups is 1. The van der Waals surface area contributed by atoms with E-state index in [1.165, 1.54) is 6.07 Å². The third-order valence-corrected chi connectivity index (χ3v) is 3.71. The quantitative estimate of drug-likeness (QED) is 0.856. The molecule has 0 saturated heterocycles. The van der Waals surface area contributed by atoms with E-state index in [0.29, 0.717) is 17.8 Å². The number of hydrogen-bond donors (Lipinski definition) is 1. The van der Waals surface area contributed by atoms with E-state index < -0.39 is 22.8 Å². The molecule has 0 radical (unpaired) electrons. The summed E-state index contributed by atoms with van der Waals surface area (Å²) in [5.74, 6) is -1.94. The fourth-order valence-electron chi connectivity index (χ4n) is 1.52. The van der Waals surface area contributed by atoms with Gasteiger partial charge in [0.25, 0.3) is 0 Å². The number of amides is 1. The Morgan fingerprint density at radius 2 is 2.24 bits per heavy atom. The van der Waals surface area contributed by atoms with Crippen LogP contribution in [0.15, 0.2) is 23.4 Å². The molecule has 1 atom stereocenters. The maximum absolute atomic E-state index is 13.5. The molecule has 9 heteroatoms. The lowest BCUT2D eigenvalue weighted by Gasteiger charge is -2.11. The number of aryl methyl sites for hydroxylation is 1. The van der Waals surface area contributed by atoms with Gasteiger partial charge < -0.3 is 5.32 Å². The van der Waals surface area contributed by atoms with Crippen molar-refractivity contribution < 1.29 is 13.6 Å². The number of aromatic nitrogens is 4. The van der Waals surface area contributed by atoms with Crippen LogP contribution in [-0.2, 0) is 11.3 Å². The third-order valence-electron chi connectivity index (χ3n) is 2.64. The molecule has 0 aliphatic heterocycles. The maximum Gasteiger partial charge on any atom is 0.237 e. The van der Waals surface area contributed by atoms with Crippen molar-refractivity contribution in [3.8, 4) is 0 Å². The highest BCUT2D eigenvalue weighted by Gasteiger charge is 2.19. The predicted octanol–water partition coefficient (Wildman–Crippen LogP) is 2.09. The molecule has 0 aliphatic carbocycles. The van der Waals surface area contributed by atoms with Gasteiger partial charge in [0.05, 0.1) is 10.9 Å². The van der Waals surface area contributed by atoms with Gasteiger partial charge in [-0.3, -0.25) is 4.79 Å². The smallest absolute Gasteiger partial charge is 0.237 e. The number of nitrogens with one attached hydrogen (secondary N) is 1. The molecule has 0 bridgehead atoms. The average Bonchev–Trinajstić information content (AvgIpc) is 2.89. The molecular formula is C12H13F2N5OS. The number of nitrogens with zero attached hydrogens (tertiary/aromatic N) is 4. The van der Waals surface area contributed by atoms with Crippen molar-refractivity contribution in [1.29, 1.82) is 0 Å². The first-order chi connectivity index (χ1) is 10.0. The lowest BCUT2D eigenvalue weighted by Crippen LogP contribution is -2.23. The summed E-state index contributed by atoms with van der Waals surface area (Å²) < 4.78 is 27.8. The fourth-order valence-corrected chi connectivity index (χ4v) is 2.37. The Morgan fingerprint density at radius 3 is 2.90 bits per heavy atom. The molecule has 1 aromatic carbocycles. The predicted molar refractivity (Wildman–Crippen MR) is 73.8 cm³/mol. The minimum atomic E-state index is -0.820. The van der Waals surface area contributed by atoms with Crippen LogP contribution in [0, 0.1) is 11.6 Å². The number of rotatable bonds is 5. The molecule has 0 saturated carbocycles. The van der Waals surface area contributed by atoms with Crippen LogP contribution in [0.2, 0.25) is 0 Å². The standard InChI is InChI=1S/C12H13F2N5OS/c1-3-19-12(16-17-18-19)21-7(2)11(20)15-10-5-4-8(13)6-9(10)14/h4-7H,3H2,1-2H3,(H,15,20). The van der Waals surface area contributed by atoms with Crippen molar-refractivity contribution in [2.24, 2.45) is 0 Å². The number of benzene rings is 1. The number of hydrogen-bond acceptors (Lipinski definition) is 5. The summed E-state index contributed by atoms with van der Waals surface area (Å²) in [6, 6.07) is 2.97. The summed E-state index contributed by atoms with van der Waals surface area (Å²) in [6.45, 7) is 4.10. The van der Waals surface area contributed by atoms with Crippen LogP contribution in [0.25, 0.3) is 0 Å². The van der Waals surface area contributed by atoms with Crippen molar-refractivity contribution in [3.05, 3.63) is 29.8 Å². The molecule has 1 N–H and O–H groups in total. The topological polar surface area (TPSA) is 72.7 Å². The molecule has 1 unspecified atom stereocenters. The molecule has 2 aromatic rings. The molecule has 6 nitrogen and oxygen atoms in total. The first-order valence-corrected chi connectivity index (χ1v) is 7.08. The van der Waals surface area contributed by atoms with Crippen molar-refractivity contribution in [2.45, 2.75) is 30.8 Å². The zero-order valence-electron chi connectivity index (χ0n) is 11.4. The second-order valence-electron chi connectivity index (χ2n) is 4.15. The number of halogens is 2. The zero-order chi connectivity index (χ0) is 15.4. The van der Waals surface area contributed by atoms with Gasteiger partial charge in [0.15, 0.2) is 0 Å². The first kappa shape index (κ1) is 15.4. The summed E-state index contributed by atoms with van der Waals surface area (Å²) in [5.41, 5.74) is -0.0658.